The fraction of sp³-hybridized carbons (Fsp3) is 0.583. The van der Waals surface area contributed by atoms with E-state index in [9.17, 15) is 14.7 Å². The highest BCUT2D eigenvalue weighted by molar-refractivity contribution is 5.88. The van der Waals surface area contributed by atoms with Gasteiger partial charge in [-0.1, -0.05) is 83.2 Å². The zero-order valence-electron chi connectivity index (χ0n) is 33.9. The van der Waals surface area contributed by atoms with Crippen LogP contribution in [0.25, 0.3) is 16.5 Å². The van der Waals surface area contributed by atoms with Gasteiger partial charge in [-0.15, -0.1) is 0 Å². The number of nitrogens with zero attached hydrogens (tertiary/aromatic N) is 2. The first-order valence-corrected chi connectivity index (χ1v) is 20.8. The molecular weight excluding hydrogens is 667 g/mol. The van der Waals surface area contributed by atoms with Gasteiger partial charge in [-0.25, -0.2) is 9.59 Å². The molecule has 9 atom stereocenters. The average Bonchev–Trinajstić information content (AvgIpc) is 3.72. The Balaban J connectivity index is 1.05. The molecule has 2 aromatic carbocycles. The van der Waals surface area contributed by atoms with E-state index in [2.05, 4.69) is 101 Å². The largest absolute Gasteiger partial charge is 0.478 e. The molecular formula is C48H63N3O3. The molecule has 0 spiro atoms. The molecule has 54 heavy (non-hydrogen) atoms. The summed E-state index contributed by atoms with van der Waals surface area (Å²) >= 11 is 0. The van der Waals surface area contributed by atoms with Gasteiger partial charge >= 0.3 is 12.0 Å². The maximum absolute atomic E-state index is 14.2. The van der Waals surface area contributed by atoms with Gasteiger partial charge in [0.15, 0.2) is 0 Å². The highest BCUT2D eigenvalue weighted by atomic mass is 16.4. The molecule has 2 N–H and O–H groups in total. The Morgan fingerprint density at radius 1 is 0.889 bits per heavy atom. The normalized spacial score (nSPS) is 36.6. The van der Waals surface area contributed by atoms with Crippen molar-refractivity contribution in [2.45, 2.75) is 111 Å². The molecule has 0 radical (unpaired) electrons. The van der Waals surface area contributed by atoms with Crippen molar-refractivity contribution in [3.63, 3.8) is 0 Å². The number of aromatic carboxylic acids is 1. The van der Waals surface area contributed by atoms with Crippen molar-refractivity contribution in [1.29, 1.82) is 0 Å². The average molecular weight is 730 g/mol. The number of para-hydroxylation sites is 1. The van der Waals surface area contributed by atoms with E-state index in [-0.39, 0.29) is 33.2 Å². The second-order valence-corrected chi connectivity index (χ2v) is 19.7. The second-order valence-electron chi connectivity index (χ2n) is 19.7. The van der Waals surface area contributed by atoms with Gasteiger partial charge in [-0.05, 0) is 157 Å². The Labute approximate surface area is 323 Å². The summed E-state index contributed by atoms with van der Waals surface area (Å²) in [6.07, 6.45) is 15.0. The Bertz CT molecular complexity index is 2010. The predicted molar refractivity (Wildman–Crippen MR) is 219 cm³/mol. The predicted octanol–water partition coefficient (Wildman–Crippen LogP) is 11.1. The highest BCUT2D eigenvalue weighted by Crippen LogP contribution is 2.76. The number of benzene rings is 2. The van der Waals surface area contributed by atoms with Crippen LogP contribution in [0.5, 0.6) is 0 Å². The third-order valence-electron chi connectivity index (χ3n) is 17.1. The minimum absolute atomic E-state index is 0.0141. The van der Waals surface area contributed by atoms with Crippen molar-refractivity contribution in [2.75, 3.05) is 13.6 Å². The van der Waals surface area contributed by atoms with Crippen LogP contribution in [-0.2, 0) is 6.54 Å². The van der Waals surface area contributed by atoms with Crippen molar-refractivity contribution < 1.29 is 14.7 Å². The SMILES string of the molecule is C=C(C)C1CCC2(NC(=O)N(C)CCn3ccc4ccccc43)CCC3(C)C(CCC4C5(C)CC=C(c6ccc(C(=O)O)cc6)C(C)(C)C5CCC43C)C12. The van der Waals surface area contributed by atoms with Crippen LogP contribution in [0.1, 0.15) is 115 Å². The number of allylic oxidation sites excluding steroid dienone is 3. The van der Waals surface area contributed by atoms with Crippen molar-refractivity contribution in [3.8, 4) is 0 Å². The Morgan fingerprint density at radius 3 is 2.35 bits per heavy atom. The monoisotopic (exact) mass is 729 g/mol. The maximum atomic E-state index is 14.2. The molecule has 4 saturated carbocycles. The lowest BCUT2D eigenvalue weighted by Gasteiger charge is -2.72. The number of hydrogen-bond donors (Lipinski definition) is 2. The maximum Gasteiger partial charge on any atom is 0.335 e. The van der Waals surface area contributed by atoms with Crippen LogP contribution in [0.2, 0.25) is 0 Å². The van der Waals surface area contributed by atoms with Crippen molar-refractivity contribution in [3.05, 3.63) is 90.1 Å². The lowest BCUT2D eigenvalue weighted by Crippen LogP contribution is -2.68. The van der Waals surface area contributed by atoms with Gasteiger partial charge in [-0.2, -0.15) is 0 Å². The van der Waals surface area contributed by atoms with E-state index in [1.54, 1.807) is 12.1 Å². The number of carboxylic acid groups (broad SMARTS) is 1. The fourth-order valence-corrected chi connectivity index (χ4v) is 14.3. The number of hydrogen-bond acceptors (Lipinski definition) is 2. The van der Waals surface area contributed by atoms with Crippen LogP contribution in [0.3, 0.4) is 0 Å². The van der Waals surface area contributed by atoms with Crippen LogP contribution in [0.15, 0.2) is 79.0 Å². The van der Waals surface area contributed by atoms with Gasteiger partial charge in [0.25, 0.3) is 0 Å². The first-order chi connectivity index (χ1) is 25.6. The van der Waals surface area contributed by atoms with Crippen molar-refractivity contribution in [2.24, 2.45) is 51.2 Å². The van der Waals surface area contributed by atoms with E-state index >= 15 is 0 Å². The van der Waals surface area contributed by atoms with E-state index in [0.717, 1.165) is 44.2 Å². The van der Waals surface area contributed by atoms with Gasteiger partial charge in [0.05, 0.1) is 5.56 Å². The third kappa shape index (κ3) is 5.39. The van der Waals surface area contributed by atoms with E-state index in [0.29, 0.717) is 41.7 Å². The molecule has 5 aliphatic rings. The molecule has 0 saturated heterocycles. The third-order valence-corrected chi connectivity index (χ3v) is 17.1. The molecule has 288 valence electrons. The quantitative estimate of drug-likeness (QED) is 0.238. The molecule has 4 fully saturated rings. The van der Waals surface area contributed by atoms with Crippen LogP contribution in [0.4, 0.5) is 4.79 Å². The summed E-state index contributed by atoms with van der Waals surface area (Å²) in [6, 6.07) is 18.3. The minimum Gasteiger partial charge on any atom is -0.478 e. The topological polar surface area (TPSA) is 74.6 Å². The fourth-order valence-electron chi connectivity index (χ4n) is 14.3. The van der Waals surface area contributed by atoms with Crippen molar-refractivity contribution in [1.82, 2.24) is 14.8 Å². The van der Waals surface area contributed by atoms with Crippen molar-refractivity contribution >= 4 is 28.5 Å². The highest BCUT2D eigenvalue weighted by Gasteiger charge is 2.70. The van der Waals surface area contributed by atoms with Gasteiger partial charge in [0.1, 0.15) is 0 Å². The van der Waals surface area contributed by atoms with E-state index in [1.807, 2.05) is 24.1 Å². The number of carbonyl (C=O) groups is 2. The zero-order chi connectivity index (χ0) is 38.4. The first-order valence-electron chi connectivity index (χ1n) is 20.8. The van der Waals surface area contributed by atoms with Crippen LogP contribution < -0.4 is 5.32 Å². The molecule has 1 aromatic heterocycles. The van der Waals surface area contributed by atoms with Crippen LogP contribution >= 0.6 is 0 Å². The smallest absolute Gasteiger partial charge is 0.335 e. The number of urea groups is 1. The second kappa shape index (κ2) is 12.9. The Kier molecular flexibility index (Phi) is 8.86. The number of fused-ring (bicyclic) bond motifs is 8. The molecule has 1 heterocycles. The molecule has 2 amide bonds. The van der Waals surface area contributed by atoms with Crippen LogP contribution in [0, 0.1) is 51.2 Å². The molecule has 6 nitrogen and oxygen atoms in total. The van der Waals surface area contributed by atoms with Gasteiger partial charge in [-0.3, -0.25) is 0 Å². The lowest BCUT2D eigenvalue weighted by molar-refractivity contribution is -0.218. The Hall–Kier alpha value is -3.80. The zero-order valence-corrected chi connectivity index (χ0v) is 33.9. The standard InChI is InChI=1S/C48H63N3O3/c1-31(2)35-19-25-48(49-43(54)50(8)29-30-51-28-22-33-11-9-10-12-38(33)51)27-26-46(6)37(41(35)48)17-18-40-45(5)23-20-36(32-13-15-34(16-14-32)42(52)53)44(3,4)39(45)21-24-47(40,46)7/h9-16,20,22,28,35,37,39-41H,1,17-19,21,23-27,29-30H2,2-8H3,(H,49,54)(H,52,53). The summed E-state index contributed by atoms with van der Waals surface area (Å²) in [7, 11) is 1.97. The van der Waals surface area contributed by atoms with E-state index in [1.165, 1.54) is 47.7 Å². The number of likely N-dealkylation sites (N-methyl/N-ethyl adjacent to an activating group) is 1. The number of carbonyl (C=O) groups excluding carboxylic acids is 1. The number of rotatable bonds is 7. The summed E-state index contributed by atoms with van der Waals surface area (Å²) < 4.78 is 2.26. The molecule has 9 unspecified atom stereocenters. The number of aromatic nitrogens is 1. The van der Waals surface area contributed by atoms with Gasteiger partial charge in [0.2, 0.25) is 0 Å². The lowest BCUT2D eigenvalue weighted by atomic mass is 9.33. The molecule has 3 aromatic rings. The summed E-state index contributed by atoms with van der Waals surface area (Å²) in [5.41, 5.74) is 5.77. The number of amides is 2. The van der Waals surface area contributed by atoms with E-state index < -0.39 is 5.97 Å². The minimum atomic E-state index is -0.874. The number of nitrogens with one attached hydrogen (secondary N) is 1. The molecule has 6 heteroatoms. The molecule has 0 aliphatic heterocycles. The molecule has 8 rings (SSSR count). The van der Waals surface area contributed by atoms with Gasteiger partial charge < -0.3 is 19.9 Å². The summed E-state index contributed by atoms with van der Waals surface area (Å²) in [5.74, 6) is 1.69. The summed E-state index contributed by atoms with van der Waals surface area (Å²) in [6.45, 7) is 21.1. The van der Waals surface area contributed by atoms with E-state index in [4.69, 9.17) is 0 Å². The molecule has 5 aliphatic carbocycles. The molecule has 0 bridgehead atoms. The Morgan fingerprint density at radius 2 is 1.63 bits per heavy atom. The summed E-state index contributed by atoms with van der Waals surface area (Å²) in [4.78, 5) is 27.7. The summed E-state index contributed by atoms with van der Waals surface area (Å²) in [5, 5.41) is 14.5. The van der Waals surface area contributed by atoms with Crippen LogP contribution in [-0.4, -0.2) is 45.7 Å². The number of carboxylic acids is 1. The van der Waals surface area contributed by atoms with Gasteiger partial charge in [0, 0.05) is 37.4 Å². The first kappa shape index (κ1) is 37.1.